The van der Waals surface area contributed by atoms with Crippen molar-refractivity contribution in [2.75, 3.05) is 11.5 Å². The molecule has 0 amide bonds. The Morgan fingerprint density at radius 2 is 2.13 bits per heavy atom. The minimum Gasteiger partial charge on any atom is -0.248 e. The third-order valence-electron chi connectivity index (χ3n) is 1.34. The van der Waals surface area contributed by atoms with Gasteiger partial charge in [0.15, 0.2) is 0 Å². The normalized spacial score (nSPS) is 11.7. The third kappa shape index (κ3) is 5.53. The van der Waals surface area contributed by atoms with E-state index in [1.165, 1.54) is 11.8 Å². The predicted octanol–water partition coefficient (Wildman–Crippen LogP) is 3.27. The lowest BCUT2D eigenvalue weighted by molar-refractivity contribution is 0.611. The monoisotopic (exact) mass is 393 g/mol. The number of nitrogens with zero attached hydrogens (tertiary/aromatic N) is 1. The first kappa shape index (κ1) is 13.8. The van der Waals surface area contributed by atoms with E-state index in [1.54, 1.807) is 6.20 Å². The van der Waals surface area contributed by atoms with Crippen LogP contribution in [-0.4, -0.2) is 24.9 Å². The Balaban J connectivity index is 2.59. The maximum absolute atomic E-state index is 10.7. The van der Waals surface area contributed by atoms with Crippen molar-refractivity contribution in [2.24, 2.45) is 0 Å². The number of hydrogen-bond donors (Lipinski definition) is 0. The largest absolute Gasteiger partial charge is 0.248 e. The van der Waals surface area contributed by atoms with E-state index in [1.807, 2.05) is 6.07 Å². The second-order valence-corrected chi connectivity index (χ2v) is 8.28. The van der Waals surface area contributed by atoms with Crippen molar-refractivity contribution < 1.29 is 8.42 Å². The third-order valence-corrected chi connectivity index (χ3v) is 5.06. The highest BCUT2D eigenvalue weighted by Crippen LogP contribution is 2.27. The average molecular weight is 396 g/mol. The smallest absolute Gasteiger partial charge is 0.233 e. The Hall–Kier alpha value is 0.700. The fourth-order valence-corrected chi connectivity index (χ4v) is 4.29. The van der Waals surface area contributed by atoms with E-state index in [9.17, 15) is 8.42 Å². The van der Waals surface area contributed by atoms with Crippen LogP contribution in [0.15, 0.2) is 26.2 Å². The number of halogens is 3. The molecule has 0 bridgehead atoms. The molecule has 0 aliphatic heterocycles. The summed E-state index contributed by atoms with van der Waals surface area (Å²) in [7, 11) is 1.67. The average Bonchev–Trinajstić information content (AvgIpc) is 2.07. The Kier molecular flexibility index (Phi) is 5.38. The second kappa shape index (κ2) is 5.86. The van der Waals surface area contributed by atoms with Gasteiger partial charge in [0.2, 0.25) is 9.05 Å². The lowest BCUT2D eigenvalue weighted by Crippen LogP contribution is -2.00. The van der Waals surface area contributed by atoms with Gasteiger partial charge >= 0.3 is 0 Å². The van der Waals surface area contributed by atoms with Gasteiger partial charge in [0.05, 0.1) is 10.2 Å². The van der Waals surface area contributed by atoms with E-state index in [-0.39, 0.29) is 5.75 Å². The van der Waals surface area contributed by atoms with Crippen LogP contribution in [0.3, 0.4) is 0 Å². The first-order valence-corrected chi connectivity index (χ1v) is 8.79. The summed E-state index contributed by atoms with van der Waals surface area (Å²) in [5.41, 5.74) is 0. The van der Waals surface area contributed by atoms with Gasteiger partial charge in [-0.1, -0.05) is 0 Å². The van der Waals surface area contributed by atoms with Gasteiger partial charge in [0.1, 0.15) is 5.03 Å². The van der Waals surface area contributed by atoms with Crippen LogP contribution in [0.5, 0.6) is 0 Å². The minimum absolute atomic E-state index is 0.0661. The predicted molar refractivity (Wildman–Crippen MR) is 70.0 cm³/mol. The molecule has 8 heteroatoms. The number of thioether (sulfide) groups is 1. The van der Waals surface area contributed by atoms with Crippen LogP contribution in [0, 0.1) is 0 Å². The van der Waals surface area contributed by atoms with Crippen molar-refractivity contribution in [3.8, 4) is 0 Å². The van der Waals surface area contributed by atoms with Crippen molar-refractivity contribution in [2.45, 2.75) is 5.03 Å². The van der Waals surface area contributed by atoms with Crippen LogP contribution in [-0.2, 0) is 9.05 Å². The lowest BCUT2D eigenvalue weighted by Gasteiger charge is -2.02. The summed E-state index contributed by atoms with van der Waals surface area (Å²) in [4.78, 5) is 4.13. The summed E-state index contributed by atoms with van der Waals surface area (Å²) in [5, 5.41) is 0.749. The van der Waals surface area contributed by atoms with Gasteiger partial charge < -0.3 is 0 Å². The molecule has 0 N–H and O–H groups in total. The summed E-state index contributed by atoms with van der Waals surface area (Å²) >= 11 is 7.95. The molecule has 0 spiro atoms. The van der Waals surface area contributed by atoms with Gasteiger partial charge in [-0.15, -0.1) is 11.8 Å². The number of pyridine rings is 1. The molecule has 1 heterocycles. The Morgan fingerprint density at radius 1 is 1.47 bits per heavy atom. The highest BCUT2D eigenvalue weighted by atomic mass is 79.9. The Morgan fingerprint density at radius 3 is 2.67 bits per heavy atom. The summed E-state index contributed by atoms with van der Waals surface area (Å²) in [6.45, 7) is 0. The van der Waals surface area contributed by atoms with Crippen LogP contribution in [0.2, 0.25) is 0 Å². The van der Waals surface area contributed by atoms with E-state index >= 15 is 0 Å². The molecule has 0 saturated heterocycles. The van der Waals surface area contributed by atoms with Crippen molar-refractivity contribution >= 4 is 63.4 Å². The number of hydrogen-bond acceptors (Lipinski definition) is 4. The first-order valence-electron chi connectivity index (χ1n) is 3.74. The van der Waals surface area contributed by atoms with Crippen LogP contribution in [0.1, 0.15) is 0 Å². The van der Waals surface area contributed by atoms with Crippen molar-refractivity contribution in [1.29, 1.82) is 0 Å². The second-order valence-electron chi connectivity index (χ2n) is 2.53. The number of rotatable bonds is 4. The quantitative estimate of drug-likeness (QED) is 0.580. The molecular weight excluding hydrogens is 389 g/mol. The van der Waals surface area contributed by atoms with Crippen LogP contribution < -0.4 is 0 Å². The molecule has 0 aliphatic carbocycles. The molecule has 1 rings (SSSR count). The molecule has 0 aliphatic rings. The van der Waals surface area contributed by atoms with Crippen molar-refractivity contribution in [3.05, 3.63) is 21.2 Å². The van der Waals surface area contributed by atoms with E-state index in [0.29, 0.717) is 5.75 Å². The summed E-state index contributed by atoms with van der Waals surface area (Å²) < 4.78 is 23.0. The number of aromatic nitrogens is 1. The zero-order valence-electron chi connectivity index (χ0n) is 7.28. The van der Waals surface area contributed by atoms with Gasteiger partial charge in [-0.2, -0.15) is 0 Å². The van der Waals surface area contributed by atoms with Crippen molar-refractivity contribution in [3.63, 3.8) is 0 Å². The summed E-state index contributed by atoms with van der Waals surface area (Å²) in [6, 6.07) is 1.85. The van der Waals surface area contributed by atoms with Crippen LogP contribution in [0.25, 0.3) is 0 Å². The van der Waals surface area contributed by atoms with Gasteiger partial charge in [0, 0.05) is 27.1 Å². The highest BCUT2D eigenvalue weighted by molar-refractivity contribution is 9.11. The molecule has 84 valence electrons. The van der Waals surface area contributed by atoms with Gasteiger partial charge in [-0.05, 0) is 37.9 Å². The van der Waals surface area contributed by atoms with Crippen LogP contribution in [0.4, 0.5) is 0 Å². The fourth-order valence-electron chi connectivity index (χ4n) is 0.746. The molecule has 3 nitrogen and oxygen atoms in total. The van der Waals surface area contributed by atoms with Gasteiger partial charge in [0.25, 0.3) is 0 Å². The molecular formula is C7H6Br2ClNO2S2. The molecule has 15 heavy (non-hydrogen) atoms. The SMILES string of the molecule is O=S(=O)(Cl)CCSc1ncc(Br)cc1Br. The molecule has 0 radical (unpaired) electrons. The zero-order chi connectivity index (χ0) is 11.5. The molecule has 0 fully saturated rings. The molecule has 0 saturated carbocycles. The fraction of sp³-hybridized carbons (Fsp3) is 0.286. The maximum atomic E-state index is 10.7. The molecule has 0 atom stereocenters. The van der Waals surface area contributed by atoms with E-state index in [0.717, 1.165) is 14.0 Å². The zero-order valence-corrected chi connectivity index (χ0v) is 12.8. The molecule has 0 aromatic carbocycles. The molecule has 1 aromatic rings. The maximum Gasteiger partial charge on any atom is 0.233 e. The summed E-state index contributed by atoms with van der Waals surface area (Å²) in [6.07, 6.45) is 1.66. The van der Waals surface area contributed by atoms with Gasteiger partial charge in [-0.25, -0.2) is 13.4 Å². The lowest BCUT2D eigenvalue weighted by atomic mass is 10.5. The van der Waals surface area contributed by atoms with Gasteiger partial charge in [-0.3, -0.25) is 0 Å². The van der Waals surface area contributed by atoms with E-state index in [2.05, 4.69) is 36.8 Å². The summed E-state index contributed by atoms with van der Waals surface area (Å²) in [5.74, 6) is 0.322. The van der Waals surface area contributed by atoms with E-state index < -0.39 is 9.05 Å². The molecule has 0 unspecified atom stereocenters. The molecule has 1 aromatic heterocycles. The topological polar surface area (TPSA) is 47.0 Å². The Labute approximate surface area is 114 Å². The standard InChI is InChI=1S/C7H6Br2ClNO2S2/c8-5-3-6(9)7(11-4-5)14-1-2-15(10,12)13/h3-4H,1-2H2. The Bertz CT molecular complexity index is 452. The van der Waals surface area contributed by atoms with E-state index in [4.69, 9.17) is 10.7 Å². The van der Waals surface area contributed by atoms with Crippen molar-refractivity contribution in [1.82, 2.24) is 4.98 Å². The highest BCUT2D eigenvalue weighted by Gasteiger charge is 2.08. The first-order chi connectivity index (χ1) is 6.88. The van der Waals surface area contributed by atoms with Crippen LogP contribution >= 0.6 is 54.3 Å². The minimum atomic E-state index is -3.42.